The van der Waals surface area contributed by atoms with Crippen LogP contribution in [0.5, 0.6) is 11.5 Å². The van der Waals surface area contributed by atoms with Crippen LogP contribution in [0, 0.1) is 5.82 Å². The van der Waals surface area contributed by atoms with Crippen molar-refractivity contribution in [1.29, 1.82) is 0 Å². The molecule has 0 fully saturated rings. The number of halogens is 2. The Labute approximate surface area is 144 Å². The van der Waals surface area contributed by atoms with Crippen molar-refractivity contribution in [1.82, 2.24) is 0 Å². The third-order valence-corrected chi connectivity index (χ3v) is 4.30. The summed E-state index contributed by atoms with van der Waals surface area (Å²) in [5, 5.41) is 2.73. The Kier molecular flexibility index (Phi) is 4.37. The summed E-state index contributed by atoms with van der Waals surface area (Å²) in [5.74, 6) is 0.540. The molecule has 1 N–H and O–H groups in total. The van der Waals surface area contributed by atoms with Gasteiger partial charge in [0.15, 0.2) is 11.5 Å². The molecule has 24 heavy (non-hydrogen) atoms. The highest BCUT2D eigenvalue weighted by atomic mass is 35.5. The van der Waals surface area contributed by atoms with Crippen molar-refractivity contribution in [2.24, 2.45) is 0 Å². The third kappa shape index (κ3) is 3.17. The smallest absolute Gasteiger partial charge is 0.234 e. The first-order valence-corrected chi connectivity index (χ1v) is 7.92. The van der Waals surface area contributed by atoms with Gasteiger partial charge in [-0.15, -0.1) is 0 Å². The van der Waals surface area contributed by atoms with Crippen LogP contribution in [0.2, 0.25) is 5.02 Å². The van der Waals surface area contributed by atoms with Crippen molar-refractivity contribution in [3.63, 3.8) is 0 Å². The van der Waals surface area contributed by atoms with Gasteiger partial charge in [-0.2, -0.15) is 0 Å². The second kappa shape index (κ2) is 6.32. The van der Waals surface area contributed by atoms with E-state index >= 15 is 0 Å². The zero-order valence-electron chi connectivity index (χ0n) is 13.4. The number of carbonyl (C=O) groups excluding carboxylic acids is 1. The van der Waals surface area contributed by atoms with Gasteiger partial charge >= 0.3 is 0 Å². The molecule has 1 amide bonds. The number of fused-ring (bicyclic) bond motifs is 1. The van der Waals surface area contributed by atoms with Gasteiger partial charge in [0, 0.05) is 5.69 Å². The first kappa shape index (κ1) is 16.6. The summed E-state index contributed by atoms with van der Waals surface area (Å²) in [7, 11) is 0. The summed E-state index contributed by atoms with van der Waals surface area (Å²) >= 11 is 5.75. The Balaban J connectivity index is 1.83. The summed E-state index contributed by atoms with van der Waals surface area (Å²) in [6.07, 6.45) is 0. The lowest BCUT2D eigenvalue weighted by atomic mass is 9.83. The monoisotopic (exact) mass is 349 g/mol. The van der Waals surface area contributed by atoms with Crippen LogP contribution in [-0.4, -0.2) is 19.1 Å². The standard InChI is InChI=1S/C18H17ClFNO3/c1-18(2,11-3-6-15-16(9-11)24-8-7-23-15)17(22)21-12-4-5-14(20)13(19)10-12/h3-6,9-10H,7-8H2,1-2H3,(H,21,22). The van der Waals surface area contributed by atoms with Gasteiger partial charge < -0.3 is 14.8 Å². The average molecular weight is 350 g/mol. The third-order valence-electron chi connectivity index (χ3n) is 4.01. The van der Waals surface area contributed by atoms with E-state index in [2.05, 4.69) is 5.32 Å². The number of rotatable bonds is 3. The minimum Gasteiger partial charge on any atom is -0.486 e. The molecule has 1 aliphatic rings. The van der Waals surface area contributed by atoms with Crippen LogP contribution in [0.1, 0.15) is 19.4 Å². The lowest BCUT2D eigenvalue weighted by molar-refractivity contribution is -0.120. The van der Waals surface area contributed by atoms with E-state index in [-0.39, 0.29) is 10.9 Å². The van der Waals surface area contributed by atoms with Gasteiger partial charge in [0.1, 0.15) is 19.0 Å². The number of anilines is 1. The molecule has 0 radical (unpaired) electrons. The lowest BCUT2D eigenvalue weighted by Crippen LogP contribution is -2.34. The molecule has 0 spiro atoms. The molecular weight excluding hydrogens is 333 g/mol. The molecule has 0 aliphatic carbocycles. The first-order valence-electron chi connectivity index (χ1n) is 7.54. The van der Waals surface area contributed by atoms with Gasteiger partial charge in [-0.1, -0.05) is 17.7 Å². The molecule has 0 saturated heterocycles. The normalized spacial score (nSPS) is 13.5. The minimum atomic E-state index is -0.823. The second-order valence-corrected chi connectivity index (χ2v) is 6.47. The molecule has 2 aromatic carbocycles. The molecule has 0 bridgehead atoms. The molecule has 0 atom stereocenters. The maximum absolute atomic E-state index is 13.2. The van der Waals surface area contributed by atoms with Crippen molar-refractivity contribution in [3.05, 3.63) is 52.8 Å². The molecule has 0 saturated carbocycles. The number of amides is 1. The van der Waals surface area contributed by atoms with Crippen LogP contribution >= 0.6 is 11.6 Å². The fourth-order valence-corrected chi connectivity index (χ4v) is 2.60. The molecular formula is C18H17ClFNO3. The quantitative estimate of drug-likeness (QED) is 0.904. The molecule has 4 nitrogen and oxygen atoms in total. The highest BCUT2D eigenvalue weighted by molar-refractivity contribution is 6.31. The molecule has 1 aliphatic heterocycles. The summed E-state index contributed by atoms with van der Waals surface area (Å²) in [5.41, 5.74) is 0.408. The summed E-state index contributed by atoms with van der Waals surface area (Å²) in [6, 6.07) is 9.52. The van der Waals surface area contributed by atoms with Crippen molar-refractivity contribution in [2.45, 2.75) is 19.3 Å². The van der Waals surface area contributed by atoms with Crippen molar-refractivity contribution in [3.8, 4) is 11.5 Å². The number of hydrogen-bond donors (Lipinski definition) is 1. The molecule has 2 aromatic rings. The van der Waals surface area contributed by atoms with E-state index in [1.807, 2.05) is 12.1 Å². The maximum Gasteiger partial charge on any atom is 0.234 e. The number of nitrogens with one attached hydrogen (secondary N) is 1. The first-order chi connectivity index (χ1) is 11.4. The predicted octanol–water partition coefficient (Wildman–Crippen LogP) is 4.17. The van der Waals surface area contributed by atoms with Gasteiger partial charge in [0.05, 0.1) is 10.4 Å². The van der Waals surface area contributed by atoms with E-state index in [1.54, 1.807) is 19.9 Å². The van der Waals surface area contributed by atoms with Crippen molar-refractivity contribution in [2.75, 3.05) is 18.5 Å². The highest BCUT2D eigenvalue weighted by Gasteiger charge is 2.31. The van der Waals surface area contributed by atoms with Gasteiger partial charge in [0.25, 0.3) is 0 Å². The van der Waals surface area contributed by atoms with E-state index in [9.17, 15) is 9.18 Å². The molecule has 126 valence electrons. The van der Waals surface area contributed by atoms with Crippen molar-refractivity contribution < 1.29 is 18.7 Å². The number of ether oxygens (including phenoxy) is 2. The fourth-order valence-electron chi connectivity index (χ4n) is 2.42. The SMILES string of the molecule is CC(C)(C(=O)Nc1ccc(F)c(Cl)c1)c1ccc2c(c1)OCCO2. The van der Waals surface area contributed by atoms with E-state index in [4.69, 9.17) is 21.1 Å². The largest absolute Gasteiger partial charge is 0.486 e. The fraction of sp³-hybridized carbons (Fsp3) is 0.278. The van der Waals surface area contributed by atoms with Gasteiger partial charge in [-0.25, -0.2) is 4.39 Å². The summed E-state index contributed by atoms with van der Waals surface area (Å²) < 4.78 is 24.3. The summed E-state index contributed by atoms with van der Waals surface area (Å²) in [4.78, 5) is 12.7. The maximum atomic E-state index is 13.2. The van der Waals surface area contributed by atoms with E-state index in [1.165, 1.54) is 18.2 Å². The summed E-state index contributed by atoms with van der Waals surface area (Å²) in [6.45, 7) is 4.61. The van der Waals surface area contributed by atoms with Gasteiger partial charge in [-0.3, -0.25) is 4.79 Å². The second-order valence-electron chi connectivity index (χ2n) is 6.07. The lowest BCUT2D eigenvalue weighted by Gasteiger charge is -2.26. The molecule has 6 heteroatoms. The van der Waals surface area contributed by atoms with E-state index in [0.717, 1.165) is 5.56 Å². The zero-order chi connectivity index (χ0) is 17.3. The van der Waals surface area contributed by atoms with Crippen LogP contribution in [-0.2, 0) is 10.2 Å². The number of carbonyl (C=O) groups is 1. The van der Waals surface area contributed by atoms with Gasteiger partial charge in [-0.05, 0) is 49.7 Å². The topological polar surface area (TPSA) is 47.6 Å². The van der Waals surface area contributed by atoms with Crippen LogP contribution < -0.4 is 14.8 Å². The Morgan fingerprint density at radius 1 is 1.12 bits per heavy atom. The van der Waals surface area contributed by atoms with Gasteiger partial charge in [0.2, 0.25) is 5.91 Å². The van der Waals surface area contributed by atoms with Crippen LogP contribution in [0.4, 0.5) is 10.1 Å². The van der Waals surface area contributed by atoms with Crippen LogP contribution in [0.25, 0.3) is 0 Å². The minimum absolute atomic E-state index is 0.0371. The van der Waals surface area contributed by atoms with E-state index in [0.29, 0.717) is 30.4 Å². The highest BCUT2D eigenvalue weighted by Crippen LogP contribution is 2.35. The predicted molar refractivity (Wildman–Crippen MR) is 90.5 cm³/mol. The molecule has 0 unspecified atom stereocenters. The Hall–Kier alpha value is -2.27. The Morgan fingerprint density at radius 2 is 1.83 bits per heavy atom. The molecule has 1 heterocycles. The van der Waals surface area contributed by atoms with E-state index < -0.39 is 11.2 Å². The van der Waals surface area contributed by atoms with Crippen LogP contribution in [0.15, 0.2) is 36.4 Å². The molecule has 3 rings (SSSR count). The Morgan fingerprint density at radius 3 is 2.54 bits per heavy atom. The molecule has 0 aromatic heterocycles. The number of hydrogen-bond acceptors (Lipinski definition) is 3. The Bertz CT molecular complexity index is 792. The number of benzene rings is 2. The zero-order valence-corrected chi connectivity index (χ0v) is 14.1. The average Bonchev–Trinajstić information content (AvgIpc) is 2.57. The van der Waals surface area contributed by atoms with Crippen LogP contribution in [0.3, 0.4) is 0 Å². The van der Waals surface area contributed by atoms with Crippen molar-refractivity contribution >= 4 is 23.2 Å².